The van der Waals surface area contributed by atoms with Crippen LogP contribution in [0, 0.1) is 18.3 Å². The Bertz CT molecular complexity index is 886. The number of hydrogen-bond acceptors (Lipinski definition) is 4. The zero-order valence-corrected chi connectivity index (χ0v) is 11.3. The molecule has 1 aromatic carbocycles. The summed E-state index contributed by atoms with van der Waals surface area (Å²) < 4.78 is 5.34. The van der Waals surface area contributed by atoms with Crippen LogP contribution in [-0.4, -0.2) is 10.1 Å². The van der Waals surface area contributed by atoms with E-state index in [9.17, 15) is 4.79 Å². The summed E-state index contributed by atoms with van der Waals surface area (Å²) in [6.07, 6.45) is 0. The Kier molecular flexibility index (Phi) is 3.13. The summed E-state index contributed by atoms with van der Waals surface area (Å²) in [4.78, 5) is 14.2. The van der Waals surface area contributed by atoms with Gasteiger partial charge in [0.1, 0.15) is 17.3 Å². The standard InChI is InChI=1S/C16H11N3O2/c1-10-13(7-12(9-17)16(20)18-10)15-8-14(19-21-15)11-5-3-2-4-6-11/h2-8H,1H3,(H,18,20). The van der Waals surface area contributed by atoms with Crippen molar-refractivity contribution in [2.75, 3.05) is 0 Å². The lowest BCUT2D eigenvalue weighted by Crippen LogP contribution is -2.11. The minimum Gasteiger partial charge on any atom is -0.356 e. The normalized spacial score (nSPS) is 10.3. The molecule has 102 valence electrons. The Hall–Kier alpha value is -3.13. The van der Waals surface area contributed by atoms with Crippen molar-refractivity contribution in [3.8, 4) is 28.7 Å². The molecule has 0 radical (unpaired) electrons. The van der Waals surface area contributed by atoms with Crippen LogP contribution in [0.1, 0.15) is 11.3 Å². The summed E-state index contributed by atoms with van der Waals surface area (Å²) in [5.74, 6) is 0.513. The molecule has 0 saturated carbocycles. The predicted molar refractivity (Wildman–Crippen MR) is 77.4 cm³/mol. The number of aromatic amines is 1. The summed E-state index contributed by atoms with van der Waals surface area (Å²) in [5.41, 5.74) is 2.58. The van der Waals surface area contributed by atoms with Crippen molar-refractivity contribution >= 4 is 0 Å². The number of aryl methyl sites for hydroxylation is 1. The highest BCUT2D eigenvalue weighted by molar-refractivity contribution is 5.68. The van der Waals surface area contributed by atoms with E-state index in [0.717, 1.165) is 5.56 Å². The topological polar surface area (TPSA) is 82.7 Å². The number of H-pyrrole nitrogens is 1. The maximum Gasteiger partial charge on any atom is 0.266 e. The molecule has 0 saturated heterocycles. The van der Waals surface area contributed by atoms with Crippen LogP contribution in [0.3, 0.4) is 0 Å². The van der Waals surface area contributed by atoms with Crippen molar-refractivity contribution in [3.63, 3.8) is 0 Å². The lowest BCUT2D eigenvalue weighted by atomic mass is 10.1. The summed E-state index contributed by atoms with van der Waals surface area (Å²) in [7, 11) is 0. The first-order valence-electron chi connectivity index (χ1n) is 6.35. The lowest BCUT2D eigenvalue weighted by molar-refractivity contribution is 0.434. The molecule has 0 aliphatic heterocycles. The van der Waals surface area contributed by atoms with E-state index >= 15 is 0 Å². The van der Waals surface area contributed by atoms with E-state index in [1.165, 1.54) is 6.07 Å². The number of nitrogens with one attached hydrogen (secondary N) is 1. The predicted octanol–water partition coefficient (Wildman–Crippen LogP) is 2.88. The van der Waals surface area contributed by atoms with Crippen LogP contribution in [-0.2, 0) is 0 Å². The Morgan fingerprint density at radius 1 is 1.24 bits per heavy atom. The Labute approximate surface area is 120 Å². The minimum atomic E-state index is -0.401. The first-order valence-corrected chi connectivity index (χ1v) is 6.35. The second-order valence-corrected chi connectivity index (χ2v) is 4.61. The zero-order chi connectivity index (χ0) is 14.8. The van der Waals surface area contributed by atoms with Gasteiger partial charge in [-0.1, -0.05) is 35.5 Å². The molecule has 0 aliphatic carbocycles. The van der Waals surface area contributed by atoms with Crippen molar-refractivity contribution in [1.29, 1.82) is 5.26 Å². The fourth-order valence-corrected chi connectivity index (χ4v) is 2.11. The third-order valence-electron chi connectivity index (χ3n) is 3.20. The van der Waals surface area contributed by atoms with Gasteiger partial charge in [0.2, 0.25) is 0 Å². The number of benzene rings is 1. The van der Waals surface area contributed by atoms with Gasteiger partial charge in [0.15, 0.2) is 5.76 Å². The van der Waals surface area contributed by atoms with E-state index in [4.69, 9.17) is 9.78 Å². The van der Waals surface area contributed by atoms with Gasteiger partial charge in [0.05, 0.1) is 0 Å². The van der Waals surface area contributed by atoms with Gasteiger partial charge in [-0.15, -0.1) is 0 Å². The van der Waals surface area contributed by atoms with Crippen LogP contribution in [0.15, 0.2) is 51.8 Å². The van der Waals surface area contributed by atoms with Crippen LogP contribution in [0.4, 0.5) is 0 Å². The van der Waals surface area contributed by atoms with Gasteiger partial charge in [-0.25, -0.2) is 0 Å². The maximum absolute atomic E-state index is 11.6. The minimum absolute atomic E-state index is 0.0493. The molecule has 3 rings (SSSR count). The Balaban J connectivity index is 2.09. The monoisotopic (exact) mass is 277 g/mol. The molecular weight excluding hydrogens is 266 g/mol. The van der Waals surface area contributed by atoms with Crippen molar-refractivity contribution in [2.24, 2.45) is 0 Å². The lowest BCUT2D eigenvalue weighted by Gasteiger charge is -2.01. The van der Waals surface area contributed by atoms with Gasteiger partial charge < -0.3 is 9.51 Å². The first-order chi connectivity index (χ1) is 10.2. The van der Waals surface area contributed by atoms with E-state index < -0.39 is 5.56 Å². The second kappa shape index (κ2) is 5.10. The first kappa shape index (κ1) is 12.9. The van der Waals surface area contributed by atoms with Gasteiger partial charge in [0.25, 0.3) is 5.56 Å². The smallest absolute Gasteiger partial charge is 0.266 e. The number of pyridine rings is 1. The molecule has 2 heterocycles. The van der Waals surface area contributed by atoms with E-state index in [1.807, 2.05) is 36.4 Å². The number of nitrogens with zero attached hydrogens (tertiary/aromatic N) is 2. The van der Waals surface area contributed by atoms with Crippen LogP contribution >= 0.6 is 0 Å². The number of nitriles is 1. The molecule has 5 nitrogen and oxygen atoms in total. The summed E-state index contributed by atoms with van der Waals surface area (Å²) >= 11 is 0. The number of aromatic nitrogens is 2. The fraction of sp³-hybridized carbons (Fsp3) is 0.0625. The molecule has 0 amide bonds. The molecular formula is C16H11N3O2. The van der Waals surface area contributed by atoms with Crippen LogP contribution < -0.4 is 5.56 Å². The van der Waals surface area contributed by atoms with Crippen molar-refractivity contribution in [3.05, 3.63) is 64.1 Å². The molecule has 2 aromatic heterocycles. The third kappa shape index (κ3) is 2.35. The summed E-state index contributed by atoms with van der Waals surface area (Å²) in [6.45, 7) is 1.75. The van der Waals surface area contributed by atoms with Crippen LogP contribution in [0.5, 0.6) is 0 Å². The molecule has 0 bridgehead atoms. The average Bonchev–Trinajstić information content (AvgIpc) is 2.98. The molecule has 0 spiro atoms. The average molecular weight is 277 g/mol. The molecule has 3 aromatic rings. The van der Waals surface area contributed by atoms with Gasteiger partial charge in [-0.3, -0.25) is 4.79 Å². The largest absolute Gasteiger partial charge is 0.356 e. The van der Waals surface area contributed by atoms with Gasteiger partial charge in [-0.05, 0) is 13.0 Å². The van der Waals surface area contributed by atoms with Crippen molar-refractivity contribution < 1.29 is 4.52 Å². The second-order valence-electron chi connectivity index (χ2n) is 4.61. The van der Waals surface area contributed by atoms with Crippen molar-refractivity contribution in [1.82, 2.24) is 10.1 Å². The van der Waals surface area contributed by atoms with Crippen LogP contribution in [0.25, 0.3) is 22.6 Å². The highest BCUT2D eigenvalue weighted by Gasteiger charge is 2.13. The molecule has 5 heteroatoms. The SMILES string of the molecule is Cc1[nH]c(=O)c(C#N)cc1-c1cc(-c2ccccc2)no1. The summed E-state index contributed by atoms with van der Waals surface area (Å²) in [6, 6.07) is 14.8. The highest BCUT2D eigenvalue weighted by atomic mass is 16.5. The van der Waals surface area contributed by atoms with E-state index in [1.54, 1.807) is 13.0 Å². The van der Waals surface area contributed by atoms with E-state index in [0.29, 0.717) is 22.7 Å². The Morgan fingerprint density at radius 2 is 2.00 bits per heavy atom. The number of rotatable bonds is 2. The molecule has 1 N–H and O–H groups in total. The molecule has 0 unspecified atom stereocenters. The quantitative estimate of drug-likeness (QED) is 0.780. The Morgan fingerprint density at radius 3 is 2.71 bits per heavy atom. The highest BCUT2D eigenvalue weighted by Crippen LogP contribution is 2.27. The molecule has 21 heavy (non-hydrogen) atoms. The van der Waals surface area contributed by atoms with E-state index in [2.05, 4.69) is 10.1 Å². The van der Waals surface area contributed by atoms with Crippen molar-refractivity contribution in [2.45, 2.75) is 6.92 Å². The van der Waals surface area contributed by atoms with Gasteiger partial charge >= 0.3 is 0 Å². The zero-order valence-electron chi connectivity index (χ0n) is 11.3. The molecule has 0 fully saturated rings. The van der Waals surface area contributed by atoms with E-state index in [-0.39, 0.29) is 5.56 Å². The molecule has 0 atom stereocenters. The molecule has 0 aliphatic rings. The maximum atomic E-state index is 11.6. The van der Waals surface area contributed by atoms with Gasteiger partial charge in [-0.2, -0.15) is 5.26 Å². The van der Waals surface area contributed by atoms with Crippen LogP contribution in [0.2, 0.25) is 0 Å². The number of hydrogen-bond donors (Lipinski definition) is 1. The summed E-state index contributed by atoms with van der Waals surface area (Å²) in [5, 5.41) is 13.0. The third-order valence-corrected chi connectivity index (χ3v) is 3.20. The fourth-order valence-electron chi connectivity index (χ4n) is 2.11. The van der Waals surface area contributed by atoms with Gasteiger partial charge in [0, 0.05) is 22.9 Å².